The molecule has 2 rings (SSSR count). The van der Waals surface area contributed by atoms with Gasteiger partial charge in [0.05, 0.1) is 12.5 Å². The van der Waals surface area contributed by atoms with Crippen molar-refractivity contribution >= 4 is 0 Å². The third-order valence-corrected chi connectivity index (χ3v) is 3.54. The molecule has 1 unspecified atom stereocenters. The number of hydrogen-bond acceptors (Lipinski definition) is 3. The standard InChI is InChI=1S/C14H17F3N4/c1-9-4-5-12(8-10(9)2)13-18-20-21(19-13)7-6-11(3)14(15,16)17/h4-5,8,11H,6-7H2,1-3H3. The van der Waals surface area contributed by atoms with Gasteiger partial charge < -0.3 is 0 Å². The summed E-state index contributed by atoms with van der Waals surface area (Å²) in [5, 5.41) is 11.8. The molecule has 1 aromatic carbocycles. The van der Waals surface area contributed by atoms with E-state index in [0.29, 0.717) is 5.82 Å². The number of benzene rings is 1. The molecule has 0 aliphatic carbocycles. The summed E-state index contributed by atoms with van der Waals surface area (Å²) >= 11 is 0. The van der Waals surface area contributed by atoms with Gasteiger partial charge in [-0.3, -0.25) is 0 Å². The molecule has 0 N–H and O–H groups in total. The largest absolute Gasteiger partial charge is 0.391 e. The summed E-state index contributed by atoms with van der Waals surface area (Å²) in [5.74, 6) is -0.952. The first kappa shape index (κ1) is 15.5. The summed E-state index contributed by atoms with van der Waals surface area (Å²) in [7, 11) is 0. The Hall–Kier alpha value is -1.92. The smallest absolute Gasteiger partial charge is 0.171 e. The first-order chi connectivity index (χ1) is 9.77. The first-order valence-corrected chi connectivity index (χ1v) is 6.69. The van der Waals surface area contributed by atoms with Gasteiger partial charge >= 0.3 is 6.18 Å². The molecule has 7 heteroatoms. The summed E-state index contributed by atoms with van der Waals surface area (Å²) in [5.41, 5.74) is 3.08. The fourth-order valence-electron chi connectivity index (χ4n) is 1.81. The van der Waals surface area contributed by atoms with E-state index < -0.39 is 12.1 Å². The fraction of sp³-hybridized carbons (Fsp3) is 0.500. The van der Waals surface area contributed by atoms with Crippen molar-refractivity contribution in [2.45, 2.75) is 39.9 Å². The van der Waals surface area contributed by atoms with Crippen molar-refractivity contribution in [1.82, 2.24) is 20.2 Å². The third-order valence-electron chi connectivity index (χ3n) is 3.54. The maximum atomic E-state index is 12.4. The Balaban J connectivity index is 2.06. The van der Waals surface area contributed by atoms with Crippen LogP contribution < -0.4 is 0 Å². The Morgan fingerprint density at radius 3 is 2.52 bits per heavy atom. The molecule has 1 aromatic heterocycles. The number of rotatable bonds is 4. The molecule has 0 fully saturated rings. The molecule has 4 nitrogen and oxygen atoms in total. The van der Waals surface area contributed by atoms with Gasteiger partial charge in [0.25, 0.3) is 0 Å². The number of tetrazole rings is 1. The monoisotopic (exact) mass is 298 g/mol. The van der Waals surface area contributed by atoms with Crippen LogP contribution in [0.4, 0.5) is 13.2 Å². The predicted molar refractivity (Wildman–Crippen MR) is 72.6 cm³/mol. The van der Waals surface area contributed by atoms with Crippen molar-refractivity contribution in [2.75, 3.05) is 0 Å². The zero-order chi connectivity index (χ0) is 15.6. The van der Waals surface area contributed by atoms with E-state index in [-0.39, 0.29) is 13.0 Å². The van der Waals surface area contributed by atoms with Crippen molar-refractivity contribution < 1.29 is 13.2 Å². The Bertz CT molecular complexity index is 619. The quantitative estimate of drug-likeness (QED) is 0.867. The molecule has 0 saturated heterocycles. The van der Waals surface area contributed by atoms with Gasteiger partial charge in [0.15, 0.2) is 0 Å². The minimum atomic E-state index is -4.18. The van der Waals surface area contributed by atoms with Crippen molar-refractivity contribution in [3.63, 3.8) is 0 Å². The molecule has 0 saturated carbocycles. The van der Waals surface area contributed by atoms with E-state index in [0.717, 1.165) is 23.6 Å². The minimum Gasteiger partial charge on any atom is -0.171 e. The summed E-state index contributed by atoms with van der Waals surface area (Å²) in [4.78, 5) is 1.22. The Kier molecular flexibility index (Phi) is 4.29. The average Bonchev–Trinajstić information content (AvgIpc) is 2.87. The maximum absolute atomic E-state index is 12.4. The van der Waals surface area contributed by atoms with Gasteiger partial charge in [-0.05, 0) is 42.7 Å². The lowest BCUT2D eigenvalue weighted by atomic mass is 10.1. The summed E-state index contributed by atoms with van der Waals surface area (Å²) < 4.78 is 37.3. The average molecular weight is 298 g/mol. The molecular formula is C14H17F3N4. The van der Waals surface area contributed by atoms with Gasteiger partial charge in [0.1, 0.15) is 0 Å². The highest BCUT2D eigenvalue weighted by molar-refractivity contribution is 5.56. The molecule has 114 valence electrons. The fourth-order valence-corrected chi connectivity index (χ4v) is 1.81. The van der Waals surface area contributed by atoms with E-state index in [1.165, 1.54) is 4.80 Å². The maximum Gasteiger partial charge on any atom is 0.391 e. The molecule has 0 spiro atoms. The molecule has 0 bridgehead atoms. The molecule has 0 aliphatic rings. The van der Waals surface area contributed by atoms with Crippen molar-refractivity contribution in [3.05, 3.63) is 29.3 Å². The van der Waals surface area contributed by atoms with Crippen LogP contribution in [0.2, 0.25) is 0 Å². The highest BCUT2D eigenvalue weighted by Crippen LogP contribution is 2.28. The second kappa shape index (κ2) is 5.83. The Morgan fingerprint density at radius 1 is 1.19 bits per heavy atom. The topological polar surface area (TPSA) is 43.6 Å². The first-order valence-electron chi connectivity index (χ1n) is 6.69. The lowest BCUT2D eigenvalue weighted by Gasteiger charge is -2.14. The highest BCUT2D eigenvalue weighted by atomic mass is 19.4. The zero-order valence-electron chi connectivity index (χ0n) is 12.1. The molecule has 0 aliphatic heterocycles. The van der Waals surface area contributed by atoms with Crippen LogP contribution in [0.1, 0.15) is 24.5 Å². The van der Waals surface area contributed by atoms with Crippen LogP contribution in [0.3, 0.4) is 0 Å². The lowest BCUT2D eigenvalue weighted by Crippen LogP contribution is -2.21. The van der Waals surface area contributed by atoms with Crippen molar-refractivity contribution in [1.29, 1.82) is 0 Å². The SMILES string of the molecule is Cc1ccc(-c2nnn(CCC(C)C(F)(F)F)n2)cc1C. The molecule has 1 heterocycles. The van der Waals surface area contributed by atoms with Crippen LogP contribution in [0.15, 0.2) is 18.2 Å². The van der Waals surface area contributed by atoms with E-state index in [9.17, 15) is 13.2 Å². The van der Waals surface area contributed by atoms with E-state index >= 15 is 0 Å². The summed E-state index contributed by atoms with van der Waals surface area (Å²) in [6.45, 7) is 5.23. The second-order valence-corrected chi connectivity index (χ2v) is 5.24. The van der Waals surface area contributed by atoms with E-state index in [1.807, 2.05) is 32.0 Å². The van der Waals surface area contributed by atoms with Crippen LogP contribution in [-0.2, 0) is 6.54 Å². The summed E-state index contributed by atoms with van der Waals surface area (Å²) in [6.07, 6.45) is -4.25. The van der Waals surface area contributed by atoms with Gasteiger partial charge in [-0.15, -0.1) is 10.2 Å². The molecule has 1 atom stereocenters. The van der Waals surface area contributed by atoms with Crippen LogP contribution in [0.25, 0.3) is 11.4 Å². The second-order valence-electron chi connectivity index (χ2n) is 5.24. The van der Waals surface area contributed by atoms with Gasteiger partial charge in [-0.1, -0.05) is 19.1 Å². The third kappa shape index (κ3) is 3.80. The molecule has 2 aromatic rings. The molecule has 0 radical (unpaired) electrons. The summed E-state index contributed by atoms with van der Waals surface area (Å²) in [6, 6.07) is 5.77. The number of nitrogens with zero attached hydrogens (tertiary/aromatic N) is 4. The van der Waals surface area contributed by atoms with Gasteiger partial charge in [0.2, 0.25) is 5.82 Å². The van der Waals surface area contributed by atoms with Crippen molar-refractivity contribution in [2.24, 2.45) is 5.92 Å². The van der Waals surface area contributed by atoms with E-state index in [2.05, 4.69) is 15.4 Å². The highest BCUT2D eigenvalue weighted by Gasteiger charge is 2.35. The number of aromatic nitrogens is 4. The molecular weight excluding hydrogens is 281 g/mol. The molecule has 21 heavy (non-hydrogen) atoms. The number of alkyl halides is 3. The van der Waals surface area contributed by atoms with Gasteiger partial charge in [0, 0.05) is 5.56 Å². The number of hydrogen-bond donors (Lipinski definition) is 0. The number of halogens is 3. The van der Waals surface area contributed by atoms with Crippen LogP contribution in [0.5, 0.6) is 0 Å². The minimum absolute atomic E-state index is 0.0633. The molecule has 0 amide bonds. The van der Waals surface area contributed by atoms with Crippen molar-refractivity contribution in [3.8, 4) is 11.4 Å². The Labute approximate surface area is 121 Å². The number of aryl methyl sites for hydroxylation is 3. The van der Waals surface area contributed by atoms with E-state index in [4.69, 9.17) is 0 Å². The van der Waals surface area contributed by atoms with Crippen LogP contribution >= 0.6 is 0 Å². The van der Waals surface area contributed by atoms with Crippen LogP contribution in [-0.4, -0.2) is 26.4 Å². The van der Waals surface area contributed by atoms with E-state index in [1.54, 1.807) is 0 Å². The normalized spacial score (nSPS) is 13.4. The lowest BCUT2D eigenvalue weighted by molar-refractivity contribution is -0.171. The van der Waals surface area contributed by atoms with Gasteiger partial charge in [-0.25, -0.2) is 0 Å². The van der Waals surface area contributed by atoms with Gasteiger partial charge in [-0.2, -0.15) is 18.0 Å². The zero-order valence-corrected chi connectivity index (χ0v) is 12.1. The Morgan fingerprint density at radius 2 is 1.90 bits per heavy atom. The predicted octanol–water partition coefficient (Wildman–Crippen LogP) is 3.55. The van der Waals surface area contributed by atoms with Crippen LogP contribution in [0, 0.1) is 19.8 Å².